The second-order valence-corrected chi connectivity index (χ2v) is 4.60. The summed E-state index contributed by atoms with van der Waals surface area (Å²) in [6.45, 7) is 0. The summed E-state index contributed by atoms with van der Waals surface area (Å²) in [6, 6.07) is 3.87. The Bertz CT molecular complexity index is 504. The first-order valence-electron chi connectivity index (χ1n) is 4.98. The molecule has 1 aromatic carbocycles. The van der Waals surface area contributed by atoms with Crippen LogP contribution < -0.4 is 10.6 Å². The van der Waals surface area contributed by atoms with E-state index in [4.69, 9.17) is 5.73 Å². The van der Waals surface area contributed by atoms with E-state index in [0.29, 0.717) is 11.5 Å². The summed E-state index contributed by atoms with van der Waals surface area (Å²) in [7, 11) is 3.92. The Morgan fingerprint density at radius 3 is 2.35 bits per heavy atom. The summed E-state index contributed by atoms with van der Waals surface area (Å²) in [6.07, 6.45) is 2.90. The number of nitrogens with two attached hydrogens (primary N) is 1. The number of hydrogen-bond acceptors (Lipinski definition) is 5. The number of anilines is 2. The highest BCUT2D eigenvalue weighted by molar-refractivity contribution is 9.10. The van der Waals surface area contributed by atoms with Gasteiger partial charge in [0.25, 0.3) is 0 Å². The second-order valence-electron chi connectivity index (χ2n) is 3.75. The monoisotopic (exact) mass is 293 g/mol. The van der Waals surface area contributed by atoms with E-state index in [9.17, 15) is 0 Å². The predicted molar refractivity (Wildman–Crippen MR) is 71.7 cm³/mol. The number of rotatable bonds is 2. The molecule has 0 saturated heterocycles. The summed E-state index contributed by atoms with van der Waals surface area (Å²) >= 11 is 3.50. The fraction of sp³-hybridized carbons (Fsp3) is 0.182. The van der Waals surface area contributed by atoms with Crippen molar-refractivity contribution in [3.63, 3.8) is 0 Å². The van der Waals surface area contributed by atoms with Crippen molar-refractivity contribution in [3.8, 4) is 11.4 Å². The van der Waals surface area contributed by atoms with Crippen molar-refractivity contribution >= 4 is 27.3 Å². The van der Waals surface area contributed by atoms with Crippen molar-refractivity contribution in [3.05, 3.63) is 29.3 Å². The van der Waals surface area contributed by atoms with Crippen LogP contribution in [0.1, 0.15) is 0 Å². The van der Waals surface area contributed by atoms with E-state index < -0.39 is 0 Å². The van der Waals surface area contributed by atoms with E-state index in [-0.39, 0.29) is 0 Å². The van der Waals surface area contributed by atoms with Crippen molar-refractivity contribution < 1.29 is 0 Å². The Morgan fingerprint density at radius 1 is 1.18 bits per heavy atom. The predicted octanol–water partition coefficient (Wildman–Crippen LogP) is 1.95. The highest BCUT2D eigenvalue weighted by Crippen LogP contribution is 2.34. The lowest BCUT2D eigenvalue weighted by Gasteiger charge is -2.16. The second kappa shape index (κ2) is 4.67. The topological polar surface area (TPSA) is 67.9 Å². The van der Waals surface area contributed by atoms with E-state index in [1.165, 1.54) is 12.7 Å². The lowest BCUT2D eigenvalue weighted by molar-refractivity contribution is 1.05. The molecule has 0 spiro atoms. The van der Waals surface area contributed by atoms with Crippen LogP contribution in [0.2, 0.25) is 0 Å². The molecule has 0 fully saturated rings. The molecule has 0 amide bonds. The minimum absolute atomic E-state index is 0.565. The van der Waals surface area contributed by atoms with Gasteiger partial charge in [-0.3, -0.25) is 0 Å². The van der Waals surface area contributed by atoms with E-state index in [0.717, 1.165) is 15.7 Å². The zero-order valence-corrected chi connectivity index (χ0v) is 11.1. The number of nitrogen functional groups attached to an aromatic ring is 1. The highest BCUT2D eigenvalue weighted by Gasteiger charge is 2.12. The molecule has 5 nitrogen and oxygen atoms in total. The Hall–Kier alpha value is -1.69. The van der Waals surface area contributed by atoms with Gasteiger partial charge < -0.3 is 10.6 Å². The molecule has 2 N–H and O–H groups in total. The maximum atomic E-state index is 6.03. The fourth-order valence-electron chi connectivity index (χ4n) is 1.48. The van der Waals surface area contributed by atoms with Crippen LogP contribution >= 0.6 is 15.9 Å². The molecule has 0 aliphatic rings. The number of halogens is 1. The Balaban J connectivity index is 2.57. The summed E-state index contributed by atoms with van der Waals surface area (Å²) in [4.78, 5) is 14.0. The van der Waals surface area contributed by atoms with Gasteiger partial charge in [0.1, 0.15) is 12.7 Å². The average molecular weight is 294 g/mol. The molecular weight excluding hydrogens is 282 g/mol. The van der Waals surface area contributed by atoms with E-state index >= 15 is 0 Å². The number of nitrogens with zero attached hydrogens (tertiary/aromatic N) is 4. The molecule has 0 unspecified atom stereocenters. The Morgan fingerprint density at radius 2 is 1.82 bits per heavy atom. The van der Waals surface area contributed by atoms with Crippen LogP contribution in [0.15, 0.2) is 29.3 Å². The van der Waals surface area contributed by atoms with Crippen LogP contribution in [0, 0.1) is 0 Å². The zero-order chi connectivity index (χ0) is 12.4. The highest BCUT2D eigenvalue weighted by atomic mass is 79.9. The molecule has 0 radical (unpaired) electrons. The smallest absolute Gasteiger partial charge is 0.165 e. The molecule has 1 aromatic heterocycles. The summed E-state index contributed by atoms with van der Waals surface area (Å²) in [5.41, 5.74) is 8.48. The SMILES string of the molecule is CN(C)c1cc(N)c(-c2ncncn2)c(Br)c1. The van der Waals surface area contributed by atoms with Crippen LogP contribution in [0.5, 0.6) is 0 Å². The first kappa shape index (κ1) is 11.8. The third-order valence-electron chi connectivity index (χ3n) is 2.34. The molecule has 0 bridgehead atoms. The largest absolute Gasteiger partial charge is 0.398 e. The number of aromatic nitrogens is 3. The van der Waals surface area contributed by atoms with Gasteiger partial charge in [-0.15, -0.1) is 0 Å². The number of hydrogen-bond donors (Lipinski definition) is 1. The molecule has 0 aliphatic carbocycles. The fourth-order valence-corrected chi connectivity index (χ4v) is 2.12. The third-order valence-corrected chi connectivity index (χ3v) is 2.96. The first-order chi connectivity index (χ1) is 8.09. The quantitative estimate of drug-likeness (QED) is 0.857. The lowest BCUT2D eigenvalue weighted by atomic mass is 10.1. The molecule has 1 heterocycles. The maximum absolute atomic E-state index is 6.03. The molecule has 88 valence electrons. The molecule has 0 aliphatic heterocycles. The normalized spacial score (nSPS) is 10.3. The van der Waals surface area contributed by atoms with Crippen molar-refractivity contribution in [2.24, 2.45) is 0 Å². The van der Waals surface area contributed by atoms with Crippen molar-refractivity contribution in [1.29, 1.82) is 0 Å². The Kier molecular flexibility index (Phi) is 3.23. The molecular formula is C11H12BrN5. The molecule has 2 aromatic rings. The van der Waals surface area contributed by atoms with Gasteiger partial charge in [-0.25, -0.2) is 15.0 Å². The molecule has 2 rings (SSSR count). The van der Waals surface area contributed by atoms with Crippen molar-refractivity contribution in [2.75, 3.05) is 24.7 Å². The van der Waals surface area contributed by atoms with E-state index in [1.54, 1.807) is 0 Å². The zero-order valence-electron chi connectivity index (χ0n) is 9.55. The lowest BCUT2D eigenvalue weighted by Crippen LogP contribution is -2.09. The van der Waals surface area contributed by atoms with E-state index in [1.807, 2.05) is 31.1 Å². The van der Waals surface area contributed by atoms with Crippen molar-refractivity contribution in [1.82, 2.24) is 15.0 Å². The third kappa shape index (κ3) is 2.36. The first-order valence-corrected chi connectivity index (χ1v) is 5.77. The summed E-state index contributed by atoms with van der Waals surface area (Å²) in [5.74, 6) is 0.565. The van der Waals surface area contributed by atoms with Gasteiger partial charge in [0.2, 0.25) is 0 Å². The van der Waals surface area contributed by atoms with Crippen LogP contribution in [0.4, 0.5) is 11.4 Å². The van der Waals surface area contributed by atoms with Gasteiger partial charge in [0.15, 0.2) is 5.82 Å². The molecule has 17 heavy (non-hydrogen) atoms. The molecule has 0 saturated carbocycles. The van der Waals surface area contributed by atoms with Gasteiger partial charge in [-0.1, -0.05) is 0 Å². The summed E-state index contributed by atoms with van der Waals surface area (Å²) in [5, 5.41) is 0. The van der Waals surface area contributed by atoms with Gasteiger partial charge in [0.05, 0.1) is 5.56 Å². The minimum Gasteiger partial charge on any atom is -0.398 e. The van der Waals surface area contributed by atoms with Crippen LogP contribution in [-0.4, -0.2) is 29.0 Å². The van der Waals surface area contributed by atoms with Crippen LogP contribution in [0.25, 0.3) is 11.4 Å². The van der Waals surface area contributed by atoms with Gasteiger partial charge in [-0.05, 0) is 28.1 Å². The minimum atomic E-state index is 0.565. The maximum Gasteiger partial charge on any atom is 0.165 e. The summed E-state index contributed by atoms with van der Waals surface area (Å²) < 4.78 is 0.868. The van der Waals surface area contributed by atoms with Crippen molar-refractivity contribution in [2.45, 2.75) is 0 Å². The number of benzene rings is 1. The average Bonchev–Trinajstić information content (AvgIpc) is 2.29. The van der Waals surface area contributed by atoms with Gasteiger partial charge >= 0.3 is 0 Å². The van der Waals surface area contributed by atoms with E-state index in [2.05, 4.69) is 30.9 Å². The van der Waals surface area contributed by atoms with Gasteiger partial charge in [-0.2, -0.15) is 0 Å². The molecule has 0 atom stereocenters. The standard InChI is InChI=1S/C11H12BrN5/c1-17(2)7-3-8(12)10(9(13)4-7)11-15-5-14-6-16-11/h3-6H,13H2,1-2H3. The Labute approximate surface area is 108 Å². The van der Waals surface area contributed by atoms with Gasteiger partial charge in [0, 0.05) is 29.9 Å². The van der Waals surface area contributed by atoms with Crippen LogP contribution in [0.3, 0.4) is 0 Å². The molecule has 6 heteroatoms. The van der Waals surface area contributed by atoms with Crippen LogP contribution in [-0.2, 0) is 0 Å².